The van der Waals surface area contributed by atoms with E-state index in [0.29, 0.717) is 5.92 Å². The van der Waals surface area contributed by atoms with Crippen molar-refractivity contribution in [1.29, 1.82) is 0 Å². The monoisotopic (exact) mass is 487 g/mol. The molecule has 0 atom stereocenters. The van der Waals surface area contributed by atoms with Crippen LogP contribution in [0.3, 0.4) is 0 Å². The summed E-state index contributed by atoms with van der Waals surface area (Å²) in [6.07, 6.45) is 11.7. The molecule has 5 rings (SSSR count). The SMILES string of the molecule is COc1cccc(-c2cccc(N(CCCCCc3nc(C4CC4)no3)C(=O)C3CCCCC3)c2)c1. The largest absolute Gasteiger partial charge is 0.497 e. The smallest absolute Gasteiger partial charge is 0.230 e. The molecule has 6 heteroatoms. The summed E-state index contributed by atoms with van der Waals surface area (Å²) in [5, 5.41) is 4.12. The lowest BCUT2D eigenvalue weighted by atomic mass is 9.88. The first-order valence-corrected chi connectivity index (χ1v) is 13.6. The van der Waals surface area contributed by atoms with Crippen LogP contribution in [0, 0.1) is 5.92 Å². The summed E-state index contributed by atoms with van der Waals surface area (Å²) in [6, 6.07) is 16.4. The van der Waals surface area contributed by atoms with Gasteiger partial charge in [0, 0.05) is 30.5 Å². The molecule has 2 saturated carbocycles. The van der Waals surface area contributed by atoms with Gasteiger partial charge in [-0.15, -0.1) is 0 Å². The van der Waals surface area contributed by atoms with E-state index in [1.807, 2.05) is 23.1 Å². The summed E-state index contributed by atoms with van der Waals surface area (Å²) in [4.78, 5) is 20.3. The lowest BCUT2D eigenvalue weighted by molar-refractivity contribution is -0.123. The summed E-state index contributed by atoms with van der Waals surface area (Å²) in [5.41, 5.74) is 3.17. The Morgan fingerprint density at radius 2 is 1.75 bits per heavy atom. The summed E-state index contributed by atoms with van der Waals surface area (Å²) >= 11 is 0. The molecule has 2 aromatic carbocycles. The van der Waals surface area contributed by atoms with Gasteiger partial charge in [0.1, 0.15) is 5.75 Å². The van der Waals surface area contributed by atoms with Gasteiger partial charge in [0.05, 0.1) is 7.11 Å². The Morgan fingerprint density at radius 1 is 0.972 bits per heavy atom. The number of carbonyl (C=O) groups is 1. The second kappa shape index (κ2) is 11.7. The average molecular weight is 488 g/mol. The van der Waals surface area contributed by atoms with E-state index in [1.165, 1.54) is 19.3 Å². The molecular formula is C30H37N3O3. The van der Waals surface area contributed by atoms with Crippen molar-refractivity contribution in [3.05, 3.63) is 60.2 Å². The molecule has 2 fully saturated rings. The molecule has 0 unspecified atom stereocenters. The van der Waals surface area contributed by atoms with Crippen LogP contribution in [0.1, 0.15) is 81.8 Å². The zero-order valence-corrected chi connectivity index (χ0v) is 21.3. The predicted molar refractivity (Wildman–Crippen MR) is 141 cm³/mol. The van der Waals surface area contributed by atoms with Crippen LogP contribution in [0.25, 0.3) is 11.1 Å². The highest BCUT2D eigenvalue weighted by Crippen LogP contribution is 2.38. The van der Waals surface area contributed by atoms with E-state index in [4.69, 9.17) is 9.26 Å². The first kappa shape index (κ1) is 24.5. The quantitative estimate of drug-likeness (QED) is 0.274. The number of benzene rings is 2. The summed E-state index contributed by atoms with van der Waals surface area (Å²) in [5.74, 6) is 3.40. The number of hydrogen-bond acceptors (Lipinski definition) is 5. The van der Waals surface area contributed by atoms with Crippen LogP contribution < -0.4 is 9.64 Å². The molecule has 1 heterocycles. The Labute approximate surface area is 214 Å². The van der Waals surface area contributed by atoms with Crippen LogP contribution in [0.2, 0.25) is 0 Å². The minimum atomic E-state index is 0.137. The Kier molecular flexibility index (Phi) is 7.99. The standard InChI is InChI=1S/C30H37N3O3/c1-35-27-15-9-13-25(21-27)24-12-8-14-26(20-24)33(30(34)23-10-4-2-5-11-23)19-7-3-6-16-28-31-29(32-36-28)22-17-18-22/h8-9,12-15,20-23H,2-7,10-11,16-19H2,1H3. The van der Waals surface area contributed by atoms with Crippen molar-refractivity contribution < 1.29 is 14.1 Å². The fourth-order valence-electron chi connectivity index (χ4n) is 5.19. The fraction of sp³-hybridized carbons (Fsp3) is 0.500. The number of aryl methyl sites for hydroxylation is 1. The average Bonchev–Trinajstić information content (AvgIpc) is 3.68. The van der Waals surface area contributed by atoms with Crippen molar-refractivity contribution in [2.75, 3.05) is 18.6 Å². The van der Waals surface area contributed by atoms with E-state index >= 15 is 0 Å². The normalized spacial score (nSPS) is 16.1. The maximum atomic E-state index is 13.7. The molecule has 190 valence electrons. The van der Waals surface area contributed by atoms with E-state index in [2.05, 4.69) is 40.5 Å². The van der Waals surface area contributed by atoms with Gasteiger partial charge < -0.3 is 14.2 Å². The van der Waals surface area contributed by atoms with Gasteiger partial charge in [0.2, 0.25) is 11.8 Å². The Bertz CT molecular complexity index is 1150. The molecule has 2 aliphatic carbocycles. The van der Waals surface area contributed by atoms with Crippen molar-refractivity contribution in [2.24, 2.45) is 5.92 Å². The van der Waals surface area contributed by atoms with Gasteiger partial charge >= 0.3 is 0 Å². The van der Waals surface area contributed by atoms with Crippen molar-refractivity contribution in [3.8, 4) is 16.9 Å². The number of amides is 1. The Morgan fingerprint density at radius 3 is 2.53 bits per heavy atom. The minimum Gasteiger partial charge on any atom is -0.497 e. The van der Waals surface area contributed by atoms with Crippen LogP contribution in [0.5, 0.6) is 5.75 Å². The van der Waals surface area contributed by atoms with Crippen LogP contribution in [-0.4, -0.2) is 29.7 Å². The third kappa shape index (κ3) is 6.15. The third-order valence-corrected chi connectivity index (χ3v) is 7.48. The lowest BCUT2D eigenvalue weighted by Gasteiger charge is -2.30. The molecule has 2 aliphatic rings. The molecule has 0 bridgehead atoms. The molecule has 0 N–H and O–H groups in total. The molecule has 0 aliphatic heterocycles. The van der Waals surface area contributed by atoms with E-state index in [1.54, 1.807) is 7.11 Å². The number of ether oxygens (including phenoxy) is 1. The van der Waals surface area contributed by atoms with Crippen LogP contribution in [-0.2, 0) is 11.2 Å². The third-order valence-electron chi connectivity index (χ3n) is 7.48. The van der Waals surface area contributed by atoms with Gasteiger partial charge in [-0.1, -0.05) is 55.1 Å². The van der Waals surface area contributed by atoms with Gasteiger partial charge in [-0.2, -0.15) is 4.98 Å². The van der Waals surface area contributed by atoms with Gasteiger partial charge in [-0.3, -0.25) is 4.79 Å². The number of methoxy groups -OCH3 is 1. The van der Waals surface area contributed by atoms with Gasteiger partial charge in [0.15, 0.2) is 5.82 Å². The Balaban J connectivity index is 1.25. The van der Waals surface area contributed by atoms with E-state index in [0.717, 1.165) is 92.2 Å². The second-order valence-corrected chi connectivity index (χ2v) is 10.2. The number of carbonyl (C=O) groups excluding carboxylic acids is 1. The first-order valence-electron chi connectivity index (χ1n) is 13.6. The van der Waals surface area contributed by atoms with Gasteiger partial charge in [-0.05, 0) is 73.9 Å². The zero-order valence-electron chi connectivity index (χ0n) is 21.3. The number of unbranched alkanes of at least 4 members (excludes halogenated alkanes) is 2. The van der Waals surface area contributed by atoms with E-state index < -0.39 is 0 Å². The van der Waals surface area contributed by atoms with Crippen molar-refractivity contribution in [1.82, 2.24) is 10.1 Å². The Hall–Kier alpha value is -3.15. The van der Waals surface area contributed by atoms with Crippen molar-refractivity contribution in [3.63, 3.8) is 0 Å². The predicted octanol–water partition coefficient (Wildman–Crippen LogP) is 6.95. The van der Waals surface area contributed by atoms with Crippen LogP contribution >= 0.6 is 0 Å². The molecule has 0 spiro atoms. The molecule has 1 amide bonds. The fourth-order valence-corrected chi connectivity index (χ4v) is 5.19. The van der Waals surface area contributed by atoms with Crippen LogP contribution in [0.15, 0.2) is 53.1 Å². The van der Waals surface area contributed by atoms with Crippen LogP contribution in [0.4, 0.5) is 5.69 Å². The summed E-state index contributed by atoms with van der Waals surface area (Å²) in [6.45, 7) is 0.730. The maximum absolute atomic E-state index is 13.7. The highest BCUT2D eigenvalue weighted by molar-refractivity contribution is 5.95. The highest BCUT2D eigenvalue weighted by Gasteiger charge is 2.29. The molecule has 3 aromatic rings. The van der Waals surface area contributed by atoms with Gasteiger partial charge in [-0.25, -0.2) is 0 Å². The van der Waals surface area contributed by atoms with E-state index in [-0.39, 0.29) is 11.8 Å². The number of rotatable bonds is 11. The number of nitrogens with zero attached hydrogens (tertiary/aromatic N) is 3. The van der Waals surface area contributed by atoms with Crippen molar-refractivity contribution >= 4 is 11.6 Å². The first-order chi connectivity index (χ1) is 17.7. The second-order valence-electron chi connectivity index (χ2n) is 10.2. The number of hydrogen-bond donors (Lipinski definition) is 0. The molecule has 6 nitrogen and oxygen atoms in total. The lowest BCUT2D eigenvalue weighted by Crippen LogP contribution is -2.38. The topological polar surface area (TPSA) is 68.5 Å². The zero-order chi connectivity index (χ0) is 24.7. The molecule has 0 saturated heterocycles. The molecule has 1 aromatic heterocycles. The highest BCUT2D eigenvalue weighted by atomic mass is 16.5. The molecule has 0 radical (unpaired) electrons. The molecule has 36 heavy (non-hydrogen) atoms. The number of aromatic nitrogens is 2. The summed E-state index contributed by atoms with van der Waals surface area (Å²) in [7, 11) is 1.69. The number of anilines is 1. The van der Waals surface area contributed by atoms with Crippen molar-refractivity contribution in [2.45, 2.75) is 76.5 Å². The van der Waals surface area contributed by atoms with Gasteiger partial charge in [0.25, 0.3) is 0 Å². The van der Waals surface area contributed by atoms with E-state index in [9.17, 15) is 4.79 Å². The minimum absolute atomic E-state index is 0.137. The maximum Gasteiger partial charge on any atom is 0.230 e. The summed E-state index contributed by atoms with van der Waals surface area (Å²) < 4.78 is 10.8. The molecular weight excluding hydrogens is 450 g/mol.